The number of amides is 1. The largest absolute Gasteiger partial charge is 0.459 e. The summed E-state index contributed by atoms with van der Waals surface area (Å²) < 4.78 is 64.4. The summed E-state index contributed by atoms with van der Waals surface area (Å²) in [6, 6.07) is 21.6. The Morgan fingerprint density at radius 1 is 0.570 bits per heavy atom. The number of carbonyl (C=O) groups excluding carboxylic acids is 2. The highest BCUT2D eigenvalue weighted by atomic mass is 35.5. The molecular weight excluding hydrogens is 1200 g/mol. The van der Waals surface area contributed by atoms with Crippen LogP contribution in [0, 0.1) is 11.7 Å². The third-order valence-corrected chi connectivity index (χ3v) is 19.6. The summed E-state index contributed by atoms with van der Waals surface area (Å²) in [4.78, 5) is 32.2. The molecule has 3 saturated heterocycles. The summed E-state index contributed by atoms with van der Waals surface area (Å²) in [5.74, 6) is -0.0265. The van der Waals surface area contributed by atoms with Crippen LogP contribution in [0.25, 0.3) is 0 Å². The van der Waals surface area contributed by atoms with E-state index in [9.17, 15) is 32.3 Å². The van der Waals surface area contributed by atoms with Crippen LogP contribution in [0.15, 0.2) is 108 Å². The predicted octanol–water partition coefficient (Wildman–Crippen LogP) is 20.5. The number of aliphatic hydroxyl groups is 1. The van der Waals surface area contributed by atoms with E-state index in [4.69, 9.17) is 21.1 Å². The van der Waals surface area contributed by atoms with Gasteiger partial charge in [0.25, 0.3) is 0 Å². The smallest absolute Gasteiger partial charge is 0.416 e. The molecule has 3 heterocycles. The number of alkyl carbamates (subject to hydrolysis) is 1. The molecule has 524 valence electrons. The maximum Gasteiger partial charge on any atom is 0.416 e. The number of ether oxygens (including phenoxy) is 2. The summed E-state index contributed by atoms with van der Waals surface area (Å²) in [6.45, 7) is 45.8. The van der Waals surface area contributed by atoms with Crippen LogP contribution in [-0.4, -0.2) is 112 Å². The molecule has 3 atom stereocenters. The van der Waals surface area contributed by atoms with Crippen molar-refractivity contribution in [2.75, 3.05) is 39.3 Å². The molecule has 0 aromatic heterocycles. The van der Waals surface area contributed by atoms with Gasteiger partial charge in [0.15, 0.2) is 0 Å². The van der Waals surface area contributed by atoms with Crippen molar-refractivity contribution in [1.82, 2.24) is 20.0 Å². The number of allylic oxidation sites excluding steroid dienone is 3. The normalized spacial score (nSPS) is 18.1. The molecule has 6 rings (SSSR count). The van der Waals surface area contributed by atoms with Gasteiger partial charge >= 0.3 is 18.2 Å². The zero-order valence-corrected chi connectivity index (χ0v) is 61.7. The molecule has 3 fully saturated rings. The highest BCUT2D eigenvalue weighted by Crippen LogP contribution is 2.40. The molecule has 0 bridgehead atoms. The quantitative estimate of drug-likeness (QED) is 0.0466. The van der Waals surface area contributed by atoms with Gasteiger partial charge in [0.05, 0.1) is 11.2 Å². The Morgan fingerprint density at radius 2 is 0.925 bits per heavy atom. The van der Waals surface area contributed by atoms with Gasteiger partial charge in [0, 0.05) is 74.9 Å². The Balaban J connectivity index is 0.000000301. The van der Waals surface area contributed by atoms with Gasteiger partial charge in [-0.3, -0.25) is 19.5 Å². The van der Waals surface area contributed by atoms with E-state index in [1.54, 1.807) is 24.3 Å². The second-order valence-corrected chi connectivity index (χ2v) is 31.7. The minimum Gasteiger partial charge on any atom is -0.459 e. The molecule has 3 aliphatic rings. The number of nitrogens with one attached hydrogen (secondary N) is 1. The molecular formula is C79H123ClF4N4O5. The molecule has 2 N–H and O–H groups in total. The molecule has 0 saturated carbocycles. The fourth-order valence-corrected chi connectivity index (χ4v) is 13.7. The lowest BCUT2D eigenvalue weighted by atomic mass is 9.77. The van der Waals surface area contributed by atoms with Crippen molar-refractivity contribution >= 4 is 23.7 Å². The molecule has 9 nitrogen and oxygen atoms in total. The van der Waals surface area contributed by atoms with Crippen molar-refractivity contribution in [2.45, 2.75) is 298 Å². The Bertz CT molecular complexity index is 2810. The summed E-state index contributed by atoms with van der Waals surface area (Å²) in [6.07, 6.45) is 16.8. The van der Waals surface area contributed by atoms with Crippen LogP contribution in [0.3, 0.4) is 0 Å². The second-order valence-electron chi connectivity index (χ2n) is 31.2. The molecule has 0 radical (unpaired) electrons. The molecule has 0 aliphatic carbocycles. The van der Waals surface area contributed by atoms with Crippen LogP contribution < -0.4 is 5.32 Å². The number of nitrogens with zero attached hydrogens (tertiary/aromatic N) is 3. The van der Waals surface area contributed by atoms with Crippen LogP contribution in [0.1, 0.15) is 257 Å². The standard InChI is InChI=1S/C30H46F3NO2.C25H39FN2O2.C24H38ClNO/c1-8-9-14-29(36-27(35)20-23(4)5)15-17-34(18-16-29)26(19-22(2)3)21-28(6,7)24-10-12-25(13-11-24)30(31,32)33;1-18(2)16-22(17-24(5,6)20-8-10-21(26)11-9-20)28-14-12-25(7,13-15-28)30-23(29)27-19(3)4;1-6-7-12-24(27)13-15-26(16-14-24)22(17-19(2)3)18-23(4,5)20-8-10-21(25)11-9-20/h10-13,19,23,26H,8-9,14-18,20-21H2,1-7H3;8-11,16,19,22H,12-15,17H2,1-7H3,(H,27,29);8-11,17,22,27H,6-7,12-16,18H2,1-5H3. The molecule has 1 amide bonds. The number of alkyl halides is 3. The van der Waals surface area contributed by atoms with Gasteiger partial charge < -0.3 is 19.9 Å². The van der Waals surface area contributed by atoms with Crippen LogP contribution >= 0.6 is 11.6 Å². The van der Waals surface area contributed by atoms with Crippen molar-refractivity contribution in [3.63, 3.8) is 0 Å². The lowest BCUT2D eigenvalue weighted by Gasteiger charge is -2.45. The summed E-state index contributed by atoms with van der Waals surface area (Å²) in [5, 5.41) is 14.5. The first kappa shape index (κ1) is 80.9. The van der Waals surface area contributed by atoms with Crippen LogP contribution in [0.2, 0.25) is 5.02 Å². The molecule has 3 aromatic carbocycles. The number of halogens is 5. The van der Waals surface area contributed by atoms with Gasteiger partial charge in [0.1, 0.15) is 17.0 Å². The summed E-state index contributed by atoms with van der Waals surface area (Å²) in [7, 11) is 0. The number of hydrogen-bond acceptors (Lipinski definition) is 8. The Hall–Kier alpha value is -4.53. The van der Waals surface area contributed by atoms with Gasteiger partial charge in [-0.05, 0) is 215 Å². The lowest BCUT2D eigenvalue weighted by Crippen LogP contribution is -2.51. The first-order chi connectivity index (χ1) is 43.2. The number of benzene rings is 3. The number of esters is 1. The second kappa shape index (κ2) is 36.2. The van der Waals surface area contributed by atoms with Crippen LogP contribution in [0.5, 0.6) is 0 Å². The van der Waals surface area contributed by atoms with Crippen molar-refractivity contribution in [1.29, 1.82) is 0 Å². The minimum absolute atomic E-state index is 0.0666. The highest BCUT2D eigenvalue weighted by molar-refractivity contribution is 6.30. The van der Waals surface area contributed by atoms with Gasteiger partial charge in [-0.25, -0.2) is 9.18 Å². The van der Waals surface area contributed by atoms with E-state index in [1.807, 2.05) is 58.9 Å². The fourth-order valence-electron chi connectivity index (χ4n) is 13.6. The maximum absolute atomic E-state index is 13.4. The van der Waals surface area contributed by atoms with Crippen molar-refractivity contribution in [3.8, 4) is 0 Å². The van der Waals surface area contributed by atoms with Gasteiger partial charge in [-0.2, -0.15) is 13.2 Å². The van der Waals surface area contributed by atoms with E-state index in [0.717, 1.165) is 152 Å². The SMILES string of the molecule is CC(C)=CC(CC(C)(C)c1ccc(F)cc1)N1CCC(C)(OC(=O)NC(C)C)CC1.CCCCC1(O)CCN(C(C=C(C)C)CC(C)(C)c2ccc(Cl)cc2)CC1.CCCCC1(OC(=O)CC(C)C)CCN(C(C=C(C)C)CC(C)(C)c2ccc(C(F)(F)F)cc2)CC1. The zero-order valence-electron chi connectivity index (χ0n) is 60.9. The fraction of sp³-hybridized carbons (Fsp3) is 0.671. The van der Waals surface area contributed by atoms with E-state index in [0.29, 0.717) is 12.5 Å². The molecule has 3 aliphatic heterocycles. The first-order valence-corrected chi connectivity index (χ1v) is 35.4. The van der Waals surface area contributed by atoms with Crippen LogP contribution in [0.4, 0.5) is 22.4 Å². The van der Waals surface area contributed by atoms with Crippen LogP contribution in [-0.2, 0) is 36.7 Å². The third-order valence-electron chi connectivity index (χ3n) is 19.3. The summed E-state index contributed by atoms with van der Waals surface area (Å²) >= 11 is 6.08. The summed E-state index contributed by atoms with van der Waals surface area (Å²) in [5.41, 5.74) is 5.03. The highest BCUT2D eigenvalue weighted by Gasteiger charge is 2.42. The molecule has 14 heteroatoms. The Kier molecular flexibility index (Phi) is 31.5. The monoisotopic (exact) mass is 1320 g/mol. The molecule has 0 spiro atoms. The number of hydrogen-bond donors (Lipinski definition) is 2. The maximum atomic E-state index is 13.4. The van der Waals surface area contributed by atoms with Gasteiger partial charge in [-0.1, -0.05) is 171 Å². The number of carbonyl (C=O) groups is 2. The van der Waals surface area contributed by atoms with Gasteiger partial charge in [-0.15, -0.1) is 0 Å². The molecule has 93 heavy (non-hydrogen) atoms. The van der Waals surface area contributed by atoms with E-state index in [-0.39, 0.29) is 58.2 Å². The van der Waals surface area contributed by atoms with E-state index < -0.39 is 28.5 Å². The Morgan fingerprint density at radius 3 is 1.29 bits per heavy atom. The van der Waals surface area contributed by atoms with Gasteiger partial charge in [0.2, 0.25) is 0 Å². The van der Waals surface area contributed by atoms with Crippen molar-refractivity contribution < 1.29 is 41.7 Å². The first-order valence-electron chi connectivity index (χ1n) is 35.0. The predicted molar refractivity (Wildman–Crippen MR) is 380 cm³/mol. The van der Waals surface area contributed by atoms with Crippen molar-refractivity contribution in [2.24, 2.45) is 5.92 Å². The van der Waals surface area contributed by atoms with Crippen molar-refractivity contribution in [3.05, 3.63) is 141 Å². The topological polar surface area (TPSA) is 94.6 Å². The number of piperidine rings is 3. The van der Waals surface area contributed by atoms with E-state index in [1.165, 1.54) is 34.4 Å². The lowest BCUT2D eigenvalue weighted by molar-refractivity contribution is -0.167. The third kappa shape index (κ3) is 27.5. The number of rotatable bonds is 26. The average Bonchev–Trinajstić information content (AvgIpc) is 1.02. The average molecular weight is 1320 g/mol. The zero-order chi connectivity index (χ0) is 69.8. The number of likely N-dealkylation sites (tertiary alicyclic amines) is 3. The molecule has 3 aromatic rings. The molecule has 3 unspecified atom stereocenters. The van der Waals surface area contributed by atoms with E-state index >= 15 is 0 Å². The Labute approximate surface area is 566 Å². The number of unbranched alkanes of at least 4 members (excludes halogenated alkanes) is 2. The van der Waals surface area contributed by atoms with E-state index in [2.05, 4.69) is 147 Å². The minimum atomic E-state index is -4.33.